The Morgan fingerprint density at radius 2 is 2.38 bits per heavy atom. The second kappa shape index (κ2) is 3.95. The van der Waals surface area contributed by atoms with Gasteiger partial charge >= 0.3 is 5.69 Å². The van der Waals surface area contributed by atoms with Crippen molar-refractivity contribution in [3.05, 3.63) is 34.6 Å². The molecule has 0 spiro atoms. The summed E-state index contributed by atoms with van der Waals surface area (Å²) in [5, 5.41) is 18.4. The third kappa shape index (κ3) is 1.77. The highest BCUT2D eigenvalue weighted by molar-refractivity contribution is 5.23. The van der Waals surface area contributed by atoms with Gasteiger partial charge in [0.1, 0.15) is 24.3 Å². The minimum absolute atomic E-state index is 0.101. The smallest absolute Gasteiger partial charge is 0.352 e. The molecule has 0 saturated carbocycles. The van der Waals surface area contributed by atoms with Crippen molar-refractivity contribution >= 4 is 5.82 Å². The van der Waals surface area contributed by atoms with E-state index in [1.165, 1.54) is 18.3 Å². The van der Waals surface area contributed by atoms with Gasteiger partial charge in [0.25, 0.3) is 0 Å². The molecule has 86 valence electrons. The van der Waals surface area contributed by atoms with E-state index < -0.39 is 18.0 Å². The van der Waals surface area contributed by atoms with E-state index in [2.05, 4.69) is 4.98 Å². The van der Waals surface area contributed by atoms with E-state index in [0.29, 0.717) is 0 Å². The number of aliphatic hydroxyl groups excluding tert-OH is 2. The third-order valence-corrected chi connectivity index (χ3v) is 2.20. The van der Waals surface area contributed by atoms with Crippen LogP contribution in [0, 0.1) is 0 Å². The van der Waals surface area contributed by atoms with E-state index in [0.717, 1.165) is 4.57 Å². The minimum atomic E-state index is -0.995. The van der Waals surface area contributed by atoms with Crippen LogP contribution < -0.4 is 11.4 Å². The summed E-state index contributed by atoms with van der Waals surface area (Å²) in [4.78, 5) is 15.0. The Morgan fingerprint density at radius 1 is 1.62 bits per heavy atom. The molecule has 1 aromatic heterocycles. The fraction of sp³-hybridized carbons (Fsp3) is 0.333. The lowest BCUT2D eigenvalue weighted by Gasteiger charge is -2.17. The van der Waals surface area contributed by atoms with Crippen molar-refractivity contribution in [2.24, 2.45) is 0 Å². The molecule has 0 fully saturated rings. The van der Waals surface area contributed by atoms with E-state index in [9.17, 15) is 9.90 Å². The summed E-state index contributed by atoms with van der Waals surface area (Å²) in [6, 6.07) is 1.43. The van der Waals surface area contributed by atoms with Gasteiger partial charge in [-0.05, 0) is 12.1 Å². The first-order valence-corrected chi connectivity index (χ1v) is 4.63. The van der Waals surface area contributed by atoms with Crippen molar-refractivity contribution in [1.82, 2.24) is 9.55 Å². The van der Waals surface area contributed by atoms with Crippen LogP contribution in [0.15, 0.2) is 28.9 Å². The number of aromatic nitrogens is 2. The summed E-state index contributed by atoms with van der Waals surface area (Å²) in [5.41, 5.74) is 4.72. The zero-order chi connectivity index (χ0) is 11.7. The Labute approximate surface area is 90.4 Å². The zero-order valence-corrected chi connectivity index (χ0v) is 8.28. The maximum atomic E-state index is 11.5. The Morgan fingerprint density at radius 3 is 2.94 bits per heavy atom. The van der Waals surface area contributed by atoms with Crippen LogP contribution in [0.2, 0.25) is 0 Å². The first-order chi connectivity index (χ1) is 7.61. The molecular weight excluding hydrogens is 214 g/mol. The van der Waals surface area contributed by atoms with Crippen molar-refractivity contribution < 1.29 is 14.9 Å². The molecule has 16 heavy (non-hydrogen) atoms. The molecule has 0 amide bonds. The predicted molar refractivity (Wildman–Crippen MR) is 54.2 cm³/mol. The average molecular weight is 225 g/mol. The SMILES string of the molecule is Nc1ccn([C@@H]2OC(CO)=CC2O)c(=O)n1. The predicted octanol–water partition coefficient (Wildman–Crippen LogP) is -1.41. The van der Waals surface area contributed by atoms with Crippen molar-refractivity contribution in [1.29, 1.82) is 0 Å². The number of rotatable bonds is 2. The number of ether oxygens (including phenoxy) is 1. The number of nitrogen functional groups attached to an aromatic ring is 1. The molecule has 2 rings (SSSR count). The molecule has 0 radical (unpaired) electrons. The lowest BCUT2D eigenvalue weighted by Crippen LogP contribution is -2.32. The van der Waals surface area contributed by atoms with Gasteiger partial charge in [0.15, 0.2) is 0 Å². The summed E-state index contributed by atoms with van der Waals surface area (Å²) in [5.74, 6) is 0.324. The van der Waals surface area contributed by atoms with Gasteiger partial charge < -0.3 is 20.7 Å². The van der Waals surface area contributed by atoms with Crippen LogP contribution in [-0.4, -0.2) is 32.5 Å². The molecule has 0 aliphatic carbocycles. The summed E-state index contributed by atoms with van der Waals surface area (Å²) in [6.45, 7) is -0.329. The number of aliphatic hydroxyl groups is 2. The Kier molecular flexibility index (Phi) is 2.63. The van der Waals surface area contributed by atoms with Crippen LogP contribution in [0.3, 0.4) is 0 Å². The molecule has 2 atom stereocenters. The maximum absolute atomic E-state index is 11.5. The lowest BCUT2D eigenvalue weighted by atomic mass is 10.3. The maximum Gasteiger partial charge on any atom is 0.352 e. The van der Waals surface area contributed by atoms with Crippen molar-refractivity contribution in [3.8, 4) is 0 Å². The third-order valence-electron chi connectivity index (χ3n) is 2.20. The average Bonchev–Trinajstić information content (AvgIpc) is 2.60. The molecule has 7 heteroatoms. The second-order valence-electron chi connectivity index (χ2n) is 3.33. The summed E-state index contributed by atoms with van der Waals surface area (Å²) in [7, 11) is 0. The van der Waals surface area contributed by atoms with Crippen LogP contribution in [0.1, 0.15) is 6.23 Å². The molecule has 1 unspecified atom stereocenters. The Bertz CT molecular complexity index is 482. The highest BCUT2D eigenvalue weighted by Crippen LogP contribution is 2.24. The van der Waals surface area contributed by atoms with Gasteiger partial charge in [-0.2, -0.15) is 4.98 Å². The number of hydrogen-bond acceptors (Lipinski definition) is 6. The number of hydrogen-bond donors (Lipinski definition) is 3. The van der Waals surface area contributed by atoms with E-state index in [-0.39, 0.29) is 18.2 Å². The molecule has 7 nitrogen and oxygen atoms in total. The van der Waals surface area contributed by atoms with Gasteiger partial charge in [-0.1, -0.05) is 0 Å². The first-order valence-electron chi connectivity index (χ1n) is 4.63. The Hall–Kier alpha value is -1.86. The number of nitrogens with two attached hydrogens (primary N) is 1. The molecule has 1 aromatic rings. The van der Waals surface area contributed by atoms with Gasteiger partial charge in [0.2, 0.25) is 6.23 Å². The number of anilines is 1. The van der Waals surface area contributed by atoms with Crippen LogP contribution >= 0.6 is 0 Å². The molecule has 0 saturated heterocycles. The molecule has 0 aromatic carbocycles. The van der Waals surface area contributed by atoms with Crippen molar-refractivity contribution in [2.75, 3.05) is 12.3 Å². The van der Waals surface area contributed by atoms with E-state index in [1.807, 2.05) is 0 Å². The number of nitrogens with zero attached hydrogens (tertiary/aromatic N) is 2. The second-order valence-corrected chi connectivity index (χ2v) is 3.33. The minimum Gasteiger partial charge on any atom is -0.469 e. The standard InChI is InChI=1S/C9H11N3O4/c10-7-1-2-12(9(15)11-7)8-6(14)3-5(4-13)16-8/h1-3,6,8,13-14H,4H2,(H2,10,11,15)/t6?,8-/m1/s1. The van der Waals surface area contributed by atoms with Gasteiger partial charge in [-0.3, -0.25) is 4.57 Å². The van der Waals surface area contributed by atoms with Crippen molar-refractivity contribution in [2.45, 2.75) is 12.3 Å². The molecule has 1 aliphatic rings. The fourth-order valence-electron chi connectivity index (χ4n) is 1.47. The van der Waals surface area contributed by atoms with Gasteiger partial charge in [-0.25, -0.2) is 4.79 Å². The van der Waals surface area contributed by atoms with Crippen LogP contribution in [0.4, 0.5) is 5.82 Å². The van der Waals surface area contributed by atoms with E-state index in [4.69, 9.17) is 15.6 Å². The summed E-state index contributed by atoms with van der Waals surface area (Å²) in [6.07, 6.45) is 0.827. The highest BCUT2D eigenvalue weighted by Gasteiger charge is 2.29. The molecule has 0 bridgehead atoms. The monoisotopic (exact) mass is 225 g/mol. The fourth-order valence-corrected chi connectivity index (χ4v) is 1.47. The first kappa shape index (κ1) is 10.7. The van der Waals surface area contributed by atoms with E-state index in [1.54, 1.807) is 0 Å². The normalized spacial score (nSPS) is 24.0. The summed E-state index contributed by atoms with van der Waals surface area (Å²) < 4.78 is 6.28. The lowest BCUT2D eigenvalue weighted by molar-refractivity contribution is -0.0103. The van der Waals surface area contributed by atoms with Crippen LogP contribution in [0.5, 0.6) is 0 Å². The molecule has 4 N–H and O–H groups in total. The van der Waals surface area contributed by atoms with Gasteiger partial charge in [0, 0.05) is 6.20 Å². The quantitative estimate of drug-likeness (QED) is 0.570. The molecular formula is C9H11N3O4. The van der Waals surface area contributed by atoms with Gasteiger partial charge in [-0.15, -0.1) is 0 Å². The van der Waals surface area contributed by atoms with Crippen LogP contribution in [0.25, 0.3) is 0 Å². The van der Waals surface area contributed by atoms with Crippen LogP contribution in [-0.2, 0) is 4.74 Å². The van der Waals surface area contributed by atoms with Crippen molar-refractivity contribution in [3.63, 3.8) is 0 Å². The van der Waals surface area contributed by atoms with Gasteiger partial charge in [0.05, 0.1) is 0 Å². The Balaban J connectivity index is 2.30. The molecule has 2 heterocycles. The largest absolute Gasteiger partial charge is 0.469 e. The molecule has 1 aliphatic heterocycles. The van der Waals surface area contributed by atoms with E-state index >= 15 is 0 Å². The topological polar surface area (TPSA) is 111 Å². The summed E-state index contributed by atoms with van der Waals surface area (Å²) >= 11 is 0. The highest BCUT2D eigenvalue weighted by atomic mass is 16.5. The zero-order valence-electron chi connectivity index (χ0n) is 8.28.